The van der Waals surface area contributed by atoms with Gasteiger partial charge in [0.25, 0.3) is 0 Å². The molecule has 2 aromatic carbocycles. The van der Waals surface area contributed by atoms with Gasteiger partial charge in [0.2, 0.25) is 0 Å². The van der Waals surface area contributed by atoms with Gasteiger partial charge in [0, 0.05) is 12.6 Å². The van der Waals surface area contributed by atoms with Crippen molar-refractivity contribution in [2.24, 2.45) is 0 Å². The van der Waals surface area contributed by atoms with Crippen LogP contribution in [0.4, 0.5) is 4.39 Å². The topological polar surface area (TPSA) is 30.5 Å². The summed E-state index contributed by atoms with van der Waals surface area (Å²) in [7, 11) is 0. The first kappa shape index (κ1) is 21.8. The molecule has 1 saturated carbocycles. The first-order chi connectivity index (χ1) is 12.7. The van der Waals surface area contributed by atoms with Crippen molar-refractivity contribution in [1.82, 2.24) is 5.32 Å². The summed E-state index contributed by atoms with van der Waals surface area (Å²) in [5, 5.41) is 4.12. The Hall–Kier alpha value is -1.49. The van der Waals surface area contributed by atoms with Gasteiger partial charge in [-0.2, -0.15) is 0 Å². The van der Waals surface area contributed by atoms with E-state index in [1.807, 2.05) is 19.1 Å². The second kappa shape index (κ2) is 10.7. The minimum Gasteiger partial charge on any atom is -1.00 e. The highest BCUT2D eigenvalue weighted by molar-refractivity contribution is 6.32. The van der Waals surface area contributed by atoms with Gasteiger partial charge in [0.05, 0.1) is 11.6 Å². The summed E-state index contributed by atoms with van der Waals surface area (Å²) in [6.45, 7) is 3.53. The number of halogens is 3. The van der Waals surface area contributed by atoms with Crippen LogP contribution in [0, 0.1) is 5.82 Å². The van der Waals surface area contributed by atoms with Crippen molar-refractivity contribution in [3.63, 3.8) is 0 Å². The van der Waals surface area contributed by atoms with Crippen molar-refractivity contribution in [2.45, 2.75) is 51.8 Å². The van der Waals surface area contributed by atoms with Crippen LogP contribution in [-0.2, 0) is 13.2 Å². The SMILES string of the molecule is CCOc1cc(CNC2CCCC2)cc(Cl)c1OCc1ccc(F)cc1.[Cl-]. The van der Waals surface area contributed by atoms with Crippen LogP contribution in [-0.4, -0.2) is 12.6 Å². The average Bonchev–Trinajstić information content (AvgIpc) is 3.14. The molecular formula is C21H25Cl2FNO2-. The highest BCUT2D eigenvalue weighted by Crippen LogP contribution is 2.37. The molecule has 3 nitrogen and oxygen atoms in total. The zero-order valence-corrected chi connectivity index (χ0v) is 17.0. The van der Waals surface area contributed by atoms with Gasteiger partial charge in [-0.25, -0.2) is 4.39 Å². The maximum atomic E-state index is 13.0. The molecule has 2 aromatic rings. The Labute approximate surface area is 171 Å². The van der Waals surface area contributed by atoms with E-state index in [4.69, 9.17) is 21.1 Å². The molecule has 27 heavy (non-hydrogen) atoms. The Kier molecular flexibility index (Phi) is 8.68. The zero-order chi connectivity index (χ0) is 18.4. The fourth-order valence-corrected chi connectivity index (χ4v) is 3.54. The lowest BCUT2D eigenvalue weighted by Crippen LogP contribution is -3.00. The molecule has 1 fully saturated rings. The highest BCUT2D eigenvalue weighted by atomic mass is 35.5. The highest BCUT2D eigenvalue weighted by Gasteiger charge is 2.16. The van der Waals surface area contributed by atoms with E-state index >= 15 is 0 Å². The van der Waals surface area contributed by atoms with Crippen LogP contribution in [0.5, 0.6) is 11.5 Å². The van der Waals surface area contributed by atoms with E-state index in [-0.39, 0.29) is 18.2 Å². The number of nitrogens with one attached hydrogen (secondary N) is 1. The van der Waals surface area contributed by atoms with Crippen molar-refractivity contribution < 1.29 is 26.3 Å². The lowest BCUT2D eigenvalue weighted by atomic mass is 10.1. The van der Waals surface area contributed by atoms with Crippen LogP contribution in [0.15, 0.2) is 36.4 Å². The predicted molar refractivity (Wildman–Crippen MR) is 102 cm³/mol. The summed E-state index contributed by atoms with van der Waals surface area (Å²) in [6, 6.07) is 10.7. The van der Waals surface area contributed by atoms with Crippen molar-refractivity contribution >= 4 is 11.6 Å². The normalized spacial score (nSPS) is 14.0. The lowest BCUT2D eigenvalue weighted by Gasteiger charge is -2.17. The minimum atomic E-state index is -0.263. The number of rotatable bonds is 8. The average molecular weight is 413 g/mol. The van der Waals surface area contributed by atoms with E-state index in [0.717, 1.165) is 17.7 Å². The third-order valence-corrected chi connectivity index (χ3v) is 4.90. The van der Waals surface area contributed by atoms with Crippen molar-refractivity contribution in [2.75, 3.05) is 6.61 Å². The number of ether oxygens (including phenoxy) is 2. The molecule has 0 saturated heterocycles. The fraction of sp³-hybridized carbons (Fsp3) is 0.429. The number of hydrogen-bond acceptors (Lipinski definition) is 3. The Morgan fingerprint density at radius 2 is 1.78 bits per heavy atom. The second-order valence-electron chi connectivity index (χ2n) is 6.62. The summed E-state index contributed by atoms with van der Waals surface area (Å²) < 4.78 is 24.6. The van der Waals surface area contributed by atoms with Gasteiger partial charge in [-0.05, 0) is 55.2 Å². The van der Waals surface area contributed by atoms with E-state index < -0.39 is 0 Å². The molecule has 0 atom stereocenters. The molecular weight excluding hydrogens is 388 g/mol. The van der Waals surface area contributed by atoms with Crippen LogP contribution in [0.2, 0.25) is 5.02 Å². The minimum absolute atomic E-state index is 0. The Morgan fingerprint density at radius 3 is 2.44 bits per heavy atom. The summed E-state index contributed by atoms with van der Waals surface area (Å²) in [5.41, 5.74) is 1.95. The molecule has 0 unspecified atom stereocenters. The Balaban J connectivity index is 0.00000261. The number of hydrogen-bond donors (Lipinski definition) is 1. The molecule has 6 heteroatoms. The molecule has 1 aliphatic carbocycles. The largest absolute Gasteiger partial charge is 1.00 e. The van der Waals surface area contributed by atoms with Crippen molar-refractivity contribution in [3.8, 4) is 11.5 Å². The summed E-state index contributed by atoms with van der Waals surface area (Å²) in [4.78, 5) is 0. The molecule has 148 valence electrons. The van der Waals surface area contributed by atoms with E-state index in [0.29, 0.717) is 35.8 Å². The Morgan fingerprint density at radius 1 is 1.07 bits per heavy atom. The third-order valence-electron chi connectivity index (χ3n) is 4.62. The predicted octanol–water partition coefficient (Wildman–Crippen LogP) is 2.49. The van der Waals surface area contributed by atoms with Crippen LogP contribution in [0.1, 0.15) is 43.7 Å². The van der Waals surface area contributed by atoms with Gasteiger partial charge in [-0.15, -0.1) is 0 Å². The maximum absolute atomic E-state index is 13.0. The van der Waals surface area contributed by atoms with Gasteiger partial charge < -0.3 is 27.2 Å². The first-order valence-corrected chi connectivity index (χ1v) is 9.59. The van der Waals surface area contributed by atoms with Gasteiger partial charge >= 0.3 is 0 Å². The zero-order valence-electron chi connectivity index (χ0n) is 15.4. The van der Waals surface area contributed by atoms with Crippen LogP contribution >= 0.6 is 11.6 Å². The van der Waals surface area contributed by atoms with E-state index in [1.165, 1.54) is 37.8 Å². The fourth-order valence-electron chi connectivity index (χ4n) is 3.25. The molecule has 0 aromatic heterocycles. The molecule has 0 bridgehead atoms. The summed E-state index contributed by atoms with van der Waals surface area (Å²) in [5.74, 6) is 0.911. The molecule has 0 spiro atoms. The summed E-state index contributed by atoms with van der Waals surface area (Å²) in [6.07, 6.45) is 5.09. The van der Waals surface area contributed by atoms with E-state index in [9.17, 15) is 4.39 Å². The summed E-state index contributed by atoms with van der Waals surface area (Å²) >= 11 is 6.46. The molecule has 0 heterocycles. The first-order valence-electron chi connectivity index (χ1n) is 9.21. The lowest BCUT2D eigenvalue weighted by molar-refractivity contribution is -0.00000669. The third kappa shape index (κ3) is 6.27. The Bertz CT molecular complexity index is 719. The molecule has 0 radical (unpaired) electrons. The standard InChI is InChI=1S/C21H25ClFNO2.ClH/c1-2-25-20-12-16(13-24-18-5-3-4-6-18)11-19(22)21(20)26-14-15-7-9-17(23)10-8-15;/h7-12,18,24H,2-6,13-14H2,1H3;1H/p-1. The van der Waals surface area contributed by atoms with Crippen molar-refractivity contribution in [3.05, 3.63) is 58.4 Å². The van der Waals surface area contributed by atoms with Gasteiger partial charge in [0.15, 0.2) is 11.5 Å². The van der Waals surface area contributed by atoms with Crippen LogP contribution in [0.25, 0.3) is 0 Å². The molecule has 0 amide bonds. The van der Waals surface area contributed by atoms with Crippen LogP contribution < -0.4 is 27.2 Å². The van der Waals surface area contributed by atoms with Gasteiger partial charge in [-0.3, -0.25) is 0 Å². The monoisotopic (exact) mass is 412 g/mol. The molecule has 1 aliphatic rings. The molecule has 0 aliphatic heterocycles. The molecule has 3 rings (SSSR count). The van der Waals surface area contributed by atoms with Crippen LogP contribution in [0.3, 0.4) is 0 Å². The van der Waals surface area contributed by atoms with Gasteiger partial charge in [0.1, 0.15) is 12.4 Å². The quantitative estimate of drug-likeness (QED) is 0.722. The number of benzene rings is 2. The smallest absolute Gasteiger partial charge is 0.180 e. The van der Waals surface area contributed by atoms with E-state index in [2.05, 4.69) is 5.32 Å². The van der Waals surface area contributed by atoms with E-state index in [1.54, 1.807) is 12.1 Å². The maximum Gasteiger partial charge on any atom is 0.180 e. The van der Waals surface area contributed by atoms with Crippen molar-refractivity contribution in [1.29, 1.82) is 0 Å². The van der Waals surface area contributed by atoms with Gasteiger partial charge in [-0.1, -0.05) is 36.6 Å². The second-order valence-corrected chi connectivity index (χ2v) is 7.02. The molecule has 1 N–H and O–H groups in total.